The maximum Gasteiger partial charge on any atom is 0.260 e. The largest absolute Gasteiger partial charge is 0.305 e. The Kier molecular flexibility index (Phi) is 13.1. The predicted octanol–water partition coefficient (Wildman–Crippen LogP) is 8.97. The smallest absolute Gasteiger partial charge is 0.260 e. The van der Waals surface area contributed by atoms with E-state index in [4.69, 9.17) is 0 Å². The van der Waals surface area contributed by atoms with Gasteiger partial charge in [0.2, 0.25) is 0 Å². The second-order valence-electron chi connectivity index (χ2n) is 5.38. The van der Waals surface area contributed by atoms with E-state index < -0.39 is 21.5 Å². The Balaban J connectivity index is 6.94. The molecule has 0 aliphatic rings. The molecule has 23 heavy (non-hydrogen) atoms. The van der Waals surface area contributed by atoms with Gasteiger partial charge in [0.1, 0.15) is 0 Å². The Morgan fingerprint density at radius 1 is 0.522 bits per heavy atom. The molecule has 0 unspecified atom stereocenters. The van der Waals surface area contributed by atoms with E-state index in [1.807, 2.05) is 0 Å². The van der Waals surface area contributed by atoms with Gasteiger partial charge in [-0.2, -0.15) is 0 Å². The van der Waals surface area contributed by atoms with E-state index in [1.165, 1.54) is 0 Å². The van der Waals surface area contributed by atoms with Crippen molar-refractivity contribution in [3.05, 3.63) is 0 Å². The van der Waals surface area contributed by atoms with Crippen LogP contribution in [0.4, 0.5) is 0 Å². The minimum absolute atomic E-state index is 0.406. The van der Waals surface area contributed by atoms with Crippen LogP contribution >= 0.6 is 168 Å². The second-order valence-corrected chi connectivity index (χ2v) is 133. The lowest BCUT2D eigenvalue weighted by Gasteiger charge is -2.56. The van der Waals surface area contributed by atoms with Crippen molar-refractivity contribution in [1.82, 2.24) is 4.57 Å². The van der Waals surface area contributed by atoms with Gasteiger partial charge in [0.05, 0.1) is 0 Å². The molecule has 0 heterocycles. The summed E-state index contributed by atoms with van der Waals surface area (Å²) < 4.78 is -3.85. The van der Waals surface area contributed by atoms with Gasteiger partial charge in [0, 0.05) is 0 Å². The fourth-order valence-corrected chi connectivity index (χ4v) is 627. The van der Waals surface area contributed by atoms with Crippen LogP contribution < -0.4 is 0 Å². The fourth-order valence-electron chi connectivity index (χ4n) is 2.43. The van der Waals surface area contributed by atoms with Crippen molar-refractivity contribution in [2.24, 2.45) is 0 Å². The molecule has 0 bridgehead atoms. The number of halogens is 11. The second kappa shape index (κ2) is 10.3. The molecule has 0 aromatic carbocycles. The maximum absolute atomic E-state index is 4.26. The lowest BCUT2D eigenvalue weighted by molar-refractivity contribution is 0.313. The van der Waals surface area contributed by atoms with Crippen molar-refractivity contribution in [3.8, 4) is 0 Å². The summed E-state index contributed by atoms with van der Waals surface area (Å²) in [4.78, 5) is -2.28. The van der Waals surface area contributed by atoms with Gasteiger partial charge in [-0.05, 0) is 12.1 Å². The molecule has 0 amide bonds. The molecular formula is C6H14Br11NSi5. The van der Waals surface area contributed by atoms with Crippen molar-refractivity contribution in [2.45, 2.75) is 39.8 Å². The Hall–Kier alpha value is 6.32. The molecule has 0 aromatic rings. The van der Waals surface area contributed by atoms with Crippen LogP contribution in [0.25, 0.3) is 0 Å². The molecule has 0 N–H and O–H groups in total. The third-order valence-electron chi connectivity index (χ3n) is 3.16. The predicted molar refractivity (Wildman–Crippen MR) is 159 cm³/mol. The fraction of sp³-hybridized carbons (Fsp3) is 1.00. The first-order chi connectivity index (χ1) is 9.76. The lowest BCUT2D eigenvalue weighted by atomic mass is 10.3. The van der Waals surface area contributed by atoms with Gasteiger partial charge >= 0.3 is 0 Å². The van der Waals surface area contributed by atoms with Gasteiger partial charge in [0.25, 0.3) is 15.3 Å². The summed E-state index contributed by atoms with van der Waals surface area (Å²) in [6.07, 6.45) is -2.25. The normalized spacial score (nSPS) is 15.9. The zero-order chi connectivity index (χ0) is 19.2. The third kappa shape index (κ3) is 6.19. The van der Waals surface area contributed by atoms with Crippen molar-refractivity contribution in [2.75, 3.05) is 0 Å². The van der Waals surface area contributed by atoms with E-state index >= 15 is 0 Å². The van der Waals surface area contributed by atoms with Gasteiger partial charge < -0.3 is 4.57 Å². The highest BCUT2D eigenvalue weighted by molar-refractivity contribution is 9.86. The summed E-state index contributed by atoms with van der Waals surface area (Å²) >= 11 is 44.9. The first kappa shape index (κ1) is 29.3. The molecule has 0 atom stereocenters. The third-order valence-corrected chi connectivity index (χ3v) is 230. The van der Waals surface area contributed by atoms with Crippen LogP contribution in [0, 0.1) is 0 Å². The van der Waals surface area contributed by atoms with Crippen molar-refractivity contribution in [1.29, 1.82) is 0 Å². The molecular weight excluding hydrogens is 1110 g/mol. The van der Waals surface area contributed by atoms with Crippen LogP contribution in [0.1, 0.15) is 27.7 Å². The first-order valence-electron chi connectivity index (χ1n) is 6.13. The van der Waals surface area contributed by atoms with Crippen LogP contribution in [0.15, 0.2) is 0 Å². The van der Waals surface area contributed by atoms with Gasteiger partial charge in [-0.1, -0.05) is 58.3 Å². The molecule has 0 aromatic heterocycles. The summed E-state index contributed by atoms with van der Waals surface area (Å²) in [6, 6.07) is 0.813. The maximum atomic E-state index is 4.26. The average Bonchev–Trinajstić information content (AvgIpc) is 2.04. The van der Waals surface area contributed by atoms with Gasteiger partial charge in [-0.25, -0.2) is 0 Å². The monoisotopic (exact) mass is 1110 g/mol. The quantitative estimate of drug-likeness (QED) is 0.182. The minimum atomic E-state index is -2.28. The van der Waals surface area contributed by atoms with Crippen LogP contribution in [-0.4, -0.2) is 38.1 Å². The van der Waals surface area contributed by atoms with E-state index in [0.717, 1.165) is 0 Å². The molecule has 140 valence electrons. The van der Waals surface area contributed by atoms with E-state index in [9.17, 15) is 0 Å². The molecule has 0 saturated heterocycles. The van der Waals surface area contributed by atoms with Crippen LogP contribution in [0.2, 0.25) is 0 Å². The summed E-state index contributed by atoms with van der Waals surface area (Å²) in [5.41, 5.74) is 0. The average molecular weight is 1120 g/mol. The summed E-state index contributed by atoms with van der Waals surface area (Å²) in [5.74, 6) is 0. The summed E-state index contributed by atoms with van der Waals surface area (Å²) in [6.45, 7) is 9.01. The van der Waals surface area contributed by atoms with Crippen molar-refractivity contribution >= 4 is 190 Å². The molecule has 0 fully saturated rings. The number of hydrogen-bond acceptors (Lipinski definition) is 1. The Bertz CT molecular complexity index is 369. The molecule has 0 aliphatic heterocycles. The minimum Gasteiger partial charge on any atom is -0.305 e. The van der Waals surface area contributed by atoms with Crippen LogP contribution in [-0.2, 0) is 0 Å². The van der Waals surface area contributed by atoms with Gasteiger partial charge in [-0.15, -0.1) is 138 Å². The molecule has 0 rings (SSSR count). The standard InChI is InChI=1S/C6H14Br11NSi5/c1-5(2)18(6(3)4)22(16,17)23(19(7,8)9,20(10,11)12)21(13,14)15/h5-6H,1-4H3. The zero-order valence-corrected chi connectivity index (χ0v) is 34.7. The van der Waals surface area contributed by atoms with Gasteiger partial charge in [-0.3, -0.25) is 0 Å². The van der Waals surface area contributed by atoms with E-state index in [1.54, 1.807) is 0 Å². The van der Waals surface area contributed by atoms with Gasteiger partial charge in [0.15, 0.2) is 6.14 Å². The topological polar surface area (TPSA) is 3.24 Å². The Labute approximate surface area is 229 Å². The zero-order valence-electron chi connectivity index (χ0n) is 12.3. The van der Waals surface area contributed by atoms with E-state index in [2.05, 4.69) is 200 Å². The van der Waals surface area contributed by atoms with E-state index in [0.29, 0.717) is 12.1 Å². The van der Waals surface area contributed by atoms with Crippen molar-refractivity contribution < 1.29 is 0 Å². The Morgan fingerprint density at radius 2 is 0.739 bits per heavy atom. The Morgan fingerprint density at radius 3 is 0.870 bits per heavy atom. The number of rotatable bonds is 7. The highest BCUT2D eigenvalue weighted by Gasteiger charge is 2.84. The number of nitrogens with zero attached hydrogens (tertiary/aromatic N) is 1. The highest BCUT2D eigenvalue weighted by atomic mass is 80.0. The SMILES string of the molecule is CC(C)N(C(C)C)[Si](Br)(Br)[Si]([Si](Br)(Br)Br)([Si](Br)(Br)Br)[Si](Br)(Br)Br. The summed E-state index contributed by atoms with van der Waals surface area (Å²) in [5, 5.41) is 0. The number of hydrogen-bond donors (Lipinski definition) is 0. The molecule has 17 heteroatoms. The molecule has 0 radical (unpaired) electrons. The van der Waals surface area contributed by atoms with Crippen LogP contribution in [0.5, 0.6) is 0 Å². The first-order valence-corrected chi connectivity index (χ1v) is 44.9. The molecule has 0 aliphatic carbocycles. The van der Waals surface area contributed by atoms with Crippen LogP contribution in [0.3, 0.4) is 0 Å². The van der Waals surface area contributed by atoms with Crippen molar-refractivity contribution in [3.63, 3.8) is 0 Å². The highest BCUT2D eigenvalue weighted by Crippen LogP contribution is 2.64. The molecule has 0 spiro atoms. The molecule has 0 saturated carbocycles. The summed E-state index contributed by atoms with van der Waals surface area (Å²) in [7, 11) is 0. The lowest BCUT2D eigenvalue weighted by Crippen LogP contribution is -2.89. The molecule has 1 nitrogen and oxygen atoms in total. The van der Waals surface area contributed by atoms with E-state index in [-0.39, 0.29) is 0 Å².